The van der Waals surface area contributed by atoms with Gasteiger partial charge in [0.1, 0.15) is 6.04 Å². The first-order valence-corrected chi connectivity index (χ1v) is 5.50. The summed E-state index contributed by atoms with van der Waals surface area (Å²) >= 11 is 0. The van der Waals surface area contributed by atoms with E-state index in [9.17, 15) is 14.4 Å². The minimum Gasteiger partial charge on any atom is -0.479 e. The van der Waals surface area contributed by atoms with Crippen molar-refractivity contribution < 1.29 is 24.6 Å². The lowest BCUT2D eigenvalue weighted by Gasteiger charge is -2.19. The SMILES string of the molecule is CC(C)C(NC(=O)NCC[C@H](O)C(=O)O)C(N)=O. The third-order valence-electron chi connectivity index (χ3n) is 2.25. The molecule has 0 aliphatic heterocycles. The van der Waals surface area contributed by atoms with Crippen LogP contribution in [0.25, 0.3) is 0 Å². The van der Waals surface area contributed by atoms with Gasteiger partial charge in [0.15, 0.2) is 6.10 Å². The Morgan fingerprint density at radius 3 is 2.22 bits per heavy atom. The summed E-state index contributed by atoms with van der Waals surface area (Å²) in [7, 11) is 0. The van der Waals surface area contributed by atoms with Gasteiger partial charge in [-0.15, -0.1) is 0 Å². The maximum Gasteiger partial charge on any atom is 0.332 e. The zero-order valence-electron chi connectivity index (χ0n) is 10.3. The molecule has 0 saturated heterocycles. The zero-order valence-corrected chi connectivity index (χ0v) is 10.3. The molecule has 0 spiro atoms. The van der Waals surface area contributed by atoms with Gasteiger partial charge in [0.05, 0.1) is 0 Å². The van der Waals surface area contributed by atoms with Crippen molar-refractivity contribution in [2.45, 2.75) is 32.4 Å². The number of amides is 3. The lowest BCUT2D eigenvalue weighted by Crippen LogP contribution is -2.51. The highest BCUT2D eigenvalue weighted by molar-refractivity contribution is 5.86. The minimum absolute atomic E-state index is 0.0249. The topological polar surface area (TPSA) is 142 Å². The van der Waals surface area contributed by atoms with Crippen molar-refractivity contribution >= 4 is 17.9 Å². The van der Waals surface area contributed by atoms with Crippen LogP contribution >= 0.6 is 0 Å². The second kappa shape index (κ2) is 7.49. The minimum atomic E-state index is -1.53. The molecular formula is C10H19N3O5. The van der Waals surface area contributed by atoms with Gasteiger partial charge in [-0.25, -0.2) is 9.59 Å². The van der Waals surface area contributed by atoms with E-state index in [1.165, 1.54) is 0 Å². The van der Waals surface area contributed by atoms with Crippen molar-refractivity contribution in [2.75, 3.05) is 6.54 Å². The van der Waals surface area contributed by atoms with Crippen LogP contribution in [0, 0.1) is 5.92 Å². The Bertz CT molecular complexity index is 319. The van der Waals surface area contributed by atoms with Crippen molar-refractivity contribution in [3.05, 3.63) is 0 Å². The summed E-state index contributed by atoms with van der Waals surface area (Å²) in [6.07, 6.45) is -1.64. The summed E-state index contributed by atoms with van der Waals surface area (Å²) in [5.41, 5.74) is 5.10. The maximum atomic E-state index is 11.4. The Balaban J connectivity index is 4.04. The number of aliphatic hydroxyl groups excluding tert-OH is 1. The summed E-state index contributed by atoms with van der Waals surface area (Å²) in [4.78, 5) is 32.7. The molecular weight excluding hydrogens is 242 g/mol. The molecule has 2 atom stereocenters. The monoisotopic (exact) mass is 261 g/mol. The van der Waals surface area contributed by atoms with Crippen molar-refractivity contribution in [2.24, 2.45) is 11.7 Å². The number of urea groups is 1. The van der Waals surface area contributed by atoms with E-state index in [2.05, 4.69) is 10.6 Å². The summed E-state index contributed by atoms with van der Waals surface area (Å²) in [5.74, 6) is -2.15. The predicted molar refractivity (Wildman–Crippen MR) is 62.6 cm³/mol. The fraction of sp³-hybridized carbons (Fsp3) is 0.700. The molecule has 0 fully saturated rings. The lowest BCUT2D eigenvalue weighted by molar-refractivity contribution is -0.146. The number of nitrogens with one attached hydrogen (secondary N) is 2. The molecule has 0 heterocycles. The van der Waals surface area contributed by atoms with Gasteiger partial charge in [0.25, 0.3) is 0 Å². The number of carbonyl (C=O) groups is 3. The van der Waals surface area contributed by atoms with Crippen LogP contribution in [0.1, 0.15) is 20.3 Å². The van der Waals surface area contributed by atoms with Gasteiger partial charge in [-0.05, 0) is 5.92 Å². The average molecular weight is 261 g/mol. The second-order valence-corrected chi connectivity index (χ2v) is 4.17. The van der Waals surface area contributed by atoms with Crippen LogP contribution in [-0.4, -0.2) is 46.8 Å². The maximum absolute atomic E-state index is 11.4. The van der Waals surface area contributed by atoms with Crippen LogP contribution in [0.2, 0.25) is 0 Å². The number of carboxylic acids is 1. The summed E-state index contributed by atoms with van der Waals surface area (Å²) in [6.45, 7) is 3.43. The molecule has 0 aliphatic carbocycles. The van der Waals surface area contributed by atoms with E-state index in [1.807, 2.05) is 0 Å². The molecule has 0 rings (SSSR count). The van der Waals surface area contributed by atoms with E-state index < -0.39 is 30.1 Å². The first kappa shape index (κ1) is 16.2. The van der Waals surface area contributed by atoms with Crippen molar-refractivity contribution in [3.63, 3.8) is 0 Å². The molecule has 6 N–H and O–H groups in total. The van der Waals surface area contributed by atoms with Crippen LogP contribution in [0.5, 0.6) is 0 Å². The normalized spacial score (nSPS) is 13.8. The highest BCUT2D eigenvalue weighted by Gasteiger charge is 2.21. The second-order valence-electron chi connectivity index (χ2n) is 4.17. The number of rotatable bonds is 7. The van der Waals surface area contributed by atoms with Crippen molar-refractivity contribution in [1.29, 1.82) is 0 Å². The molecule has 3 amide bonds. The molecule has 104 valence electrons. The van der Waals surface area contributed by atoms with Gasteiger partial charge in [-0.3, -0.25) is 4.79 Å². The Morgan fingerprint density at radius 1 is 1.28 bits per heavy atom. The van der Waals surface area contributed by atoms with Crippen molar-refractivity contribution in [1.82, 2.24) is 10.6 Å². The van der Waals surface area contributed by atoms with Crippen LogP contribution < -0.4 is 16.4 Å². The summed E-state index contributed by atoms with van der Waals surface area (Å²) < 4.78 is 0. The molecule has 1 unspecified atom stereocenters. The fourth-order valence-corrected chi connectivity index (χ4v) is 1.20. The summed E-state index contributed by atoms with van der Waals surface area (Å²) in [6, 6.07) is -1.43. The predicted octanol–water partition coefficient (Wildman–Crippen LogP) is -1.37. The number of carbonyl (C=O) groups excluding carboxylic acids is 2. The summed E-state index contributed by atoms with van der Waals surface area (Å²) in [5, 5.41) is 22.0. The van der Waals surface area contributed by atoms with Gasteiger partial charge in [-0.2, -0.15) is 0 Å². The van der Waals surface area contributed by atoms with E-state index >= 15 is 0 Å². The van der Waals surface area contributed by atoms with Gasteiger partial charge in [0.2, 0.25) is 5.91 Å². The van der Waals surface area contributed by atoms with Crippen LogP contribution in [0.15, 0.2) is 0 Å². The number of primary amides is 1. The third-order valence-corrected chi connectivity index (χ3v) is 2.25. The molecule has 0 radical (unpaired) electrons. The first-order valence-electron chi connectivity index (χ1n) is 5.50. The first-order chi connectivity index (χ1) is 8.25. The van der Waals surface area contributed by atoms with Crippen LogP contribution in [-0.2, 0) is 9.59 Å². The highest BCUT2D eigenvalue weighted by atomic mass is 16.4. The molecule has 0 aliphatic rings. The molecule has 0 aromatic carbocycles. The number of hydrogen-bond acceptors (Lipinski definition) is 4. The molecule has 0 aromatic heterocycles. The Labute approximate surface area is 105 Å². The van der Waals surface area contributed by atoms with Gasteiger partial charge < -0.3 is 26.6 Å². The Kier molecular flexibility index (Phi) is 6.73. The Morgan fingerprint density at radius 2 is 1.83 bits per heavy atom. The average Bonchev–Trinajstić information content (AvgIpc) is 2.24. The number of hydrogen-bond donors (Lipinski definition) is 5. The van der Waals surface area contributed by atoms with Crippen molar-refractivity contribution in [3.8, 4) is 0 Å². The highest BCUT2D eigenvalue weighted by Crippen LogP contribution is 2.00. The molecule has 18 heavy (non-hydrogen) atoms. The number of carboxylic acid groups (broad SMARTS) is 1. The molecule has 0 aromatic rings. The quantitative estimate of drug-likeness (QED) is 0.384. The molecule has 8 nitrogen and oxygen atoms in total. The number of nitrogens with two attached hydrogens (primary N) is 1. The number of aliphatic carboxylic acids is 1. The van der Waals surface area contributed by atoms with E-state index in [0.29, 0.717) is 0 Å². The van der Waals surface area contributed by atoms with Gasteiger partial charge >= 0.3 is 12.0 Å². The fourth-order valence-electron chi connectivity index (χ4n) is 1.20. The van der Waals surface area contributed by atoms with Crippen LogP contribution in [0.3, 0.4) is 0 Å². The van der Waals surface area contributed by atoms with Gasteiger partial charge in [0, 0.05) is 13.0 Å². The molecule has 8 heteroatoms. The Hall–Kier alpha value is -1.83. The molecule has 0 saturated carbocycles. The van der Waals surface area contributed by atoms with E-state index in [0.717, 1.165) is 0 Å². The van der Waals surface area contributed by atoms with E-state index in [1.54, 1.807) is 13.8 Å². The largest absolute Gasteiger partial charge is 0.479 e. The standard InChI is InChI=1S/C10H19N3O5/c1-5(2)7(8(11)15)13-10(18)12-4-3-6(14)9(16)17/h5-7,14H,3-4H2,1-2H3,(H2,11,15)(H,16,17)(H2,12,13,18)/t6-,7?/m0/s1. The van der Waals surface area contributed by atoms with Gasteiger partial charge in [-0.1, -0.05) is 13.8 Å². The molecule has 0 bridgehead atoms. The zero-order chi connectivity index (χ0) is 14.3. The smallest absolute Gasteiger partial charge is 0.332 e. The van der Waals surface area contributed by atoms with Crippen LogP contribution in [0.4, 0.5) is 4.79 Å². The number of aliphatic hydroxyl groups is 1. The lowest BCUT2D eigenvalue weighted by atomic mass is 10.0. The third kappa shape index (κ3) is 6.04. The van der Waals surface area contributed by atoms with E-state index in [4.69, 9.17) is 15.9 Å². The van der Waals surface area contributed by atoms with E-state index in [-0.39, 0.29) is 18.9 Å².